The highest BCUT2D eigenvalue weighted by molar-refractivity contribution is 7.07. The molecule has 0 saturated carbocycles. The number of nitrogens with one attached hydrogen (secondary N) is 1. The zero-order valence-electron chi connectivity index (χ0n) is 14.8. The van der Waals surface area contributed by atoms with Crippen LogP contribution in [0.15, 0.2) is 35.2 Å². The number of anilines is 1. The number of carbonyl (C=O) groups is 1. The molecule has 2 aromatic rings. The van der Waals surface area contributed by atoms with Crippen LogP contribution >= 0.6 is 11.3 Å². The van der Waals surface area contributed by atoms with Crippen molar-refractivity contribution >= 4 is 23.2 Å². The summed E-state index contributed by atoms with van der Waals surface area (Å²) in [5, 5.41) is 7.06. The lowest BCUT2D eigenvalue weighted by atomic mass is 10.3. The summed E-state index contributed by atoms with van der Waals surface area (Å²) < 4.78 is 6.23. The fourth-order valence-electron chi connectivity index (χ4n) is 3.51. The molecule has 0 aromatic carbocycles. The molecule has 26 heavy (non-hydrogen) atoms. The highest BCUT2D eigenvalue weighted by Gasteiger charge is 2.29. The number of ether oxygens (including phenoxy) is 1. The first-order chi connectivity index (χ1) is 12.8. The number of hydrogen-bond acceptors (Lipinski definition) is 5. The first-order valence-electron chi connectivity index (χ1n) is 9.20. The van der Waals surface area contributed by atoms with Crippen LogP contribution in [-0.2, 0) is 6.54 Å². The maximum Gasteiger partial charge on any atom is 0.317 e. The van der Waals surface area contributed by atoms with Crippen LogP contribution in [0.5, 0.6) is 5.75 Å². The minimum Gasteiger partial charge on any atom is -0.485 e. The predicted octanol–water partition coefficient (Wildman–Crippen LogP) is 3.11. The molecule has 2 amide bonds. The van der Waals surface area contributed by atoms with E-state index >= 15 is 0 Å². The van der Waals surface area contributed by atoms with Gasteiger partial charge in [-0.2, -0.15) is 11.3 Å². The van der Waals surface area contributed by atoms with Crippen LogP contribution in [0.1, 0.15) is 24.8 Å². The topological polar surface area (TPSA) is 57.7 Å². The van der Waals surface area contributed by atoms with Crippen molar-refractivity contribution in [1.82, 2.24) is 15.2 Å². The Bertz CT molecular complexity index is 731. The van der Waals surface area contributed by atoms with Crippen LogP contribution in [0.2, 0.25) is 0 Å². The number of urea groups is 1. The van der Waals surface area contributed by atoms with Crippen LogP contribution in [0, 0.1) is 0 Å². The summed E-state index contributed by atoms with van der Waals surface area (Å²) in [7, 11) is 0. The molecule has 1 N–H and O–H groups in total. The van der Waals surface area contributed by atoms with E-state index in [1.54, 1.807) is 11.3 Å². The van der Waals surface area contributed by atoms with Gasteiger partial charge in [-0.1, -0.05) is 0 Å². The Kier molecular flexibility index (Phi) is 5.24. The van der Waals surface area contributed by atoms with Crippen LogP contribution < -0.4 is 15.0 Å². The van der Waals surface area contributed by atoms with Crippen molar-refractivity contribution in [2.45, 2.75) is 31.9 Å². The van der Waals surface area contributed by atoms with Gasteiger partial charge in [0.05, 0.1) is 6.54 Å². The number of pyridine rings is 1. The average molecular weight is 372 g/mol. The Balaban J connectivity index is 1.32. The first kappa shape index (κ1) is 17.1. The number of nitrogens with zero attached hydrogens (tertiary/aromatic N) is 3. The summed E-state index contributed by atoms with van der Waals surface area (Å²) >= 11 is 1.64. The number of amides is 2. The Morgan fingerprint density at radius 1 is 1.31 bits per heavy atom. The molecule has 0 spiro atoms. The maximum atomic E-state index is 12.4. The van der Waals surface area contributed by atoms with E-state index in [0.29, 0.717) is 13.1 Å². The predicted molar refractivity (Wildman–Crippen MR) is 103 cm³/mol. The van der Waals surface area contributed by atoms with E-state index in [9.17, 15) is 4.79 Å². The largest absolute Gasteiger partial charge is 0.485 e. The fraction of sp³-hybridized carbons (Fsp3) is 0.474. The van der Waals surface area contributed by atoms with E-state index in [4.69, 9.17) is 4.74 Å². The van der Waals surface area contributed by atoms with Crippen molar-refractivity contribution in [3.63, 3.8) is 0 Å². The van der Waals surface area contributed by atoms with Crippen molar-refractivity contribution in [2.24, 2.45) is 0 Å². The molecule has 2 aliphatic heterocycles. The molecule has 2 aliphatic rings. The molecule has 7 heteroatoms. The van der Waals surface area contributed by atoms with E-state index in [1.165, 1.54) is 12.8 Å². The molecule has 4 heterocycles. The van der Waals surface area contributed by atoms with Gasteiger partial charge in [0.15, 0.2) is 11.6 Å². The molecule has 138 valence electrons. The van der Waals surface area contributed by atoms with Crippen molar-refractivity contribution in [2.75, 3.05) is 31.1 Å². The van der Waals surface area contributed by atoms with Crippen LogP contribution in [0.4, 0.5) is 10.6 Å². The van der Waals surface area contributed by atoms with Crippen LogP contribution in [0.25, 0.3) is 0 Å². The summed E-state index contributed by atoms with van der Waals surface area (Å²) in [4.78, 5) is 21.0. The van der Waals surface area contributed by atoms with Gasteiger partial charge in [0.1, 0.15) is 6.10 Å². The minimum atomic E-state index is -0.0201. The van der Waals surface area contributed by atoms with Crippen LogP contribution in [-0.4, -0.2) is 48.2 Å². The molecule has 2 aromatic heterocycles. The third-order valence-electron chi connectivity index (χ3n) is 4.91. The summed E-state index contributed by atoms with van der Waals surface area (Å²) in [6, 6.07) is 5.91. The first-order valence-corrected chi connectivity index (χ1v) is 10.1. The van der Waals surface area contributed by atoms with Gasteiger partial charge in [-0.3, -0.25) is 0 Å². The summed E-state index contributed by atoms with van der Waals surface area (Å²) in [5.74, 6) is 1.77. The zero-order chi connectivity index (χ0) is 17.8. The van der Waals surface area contributed by atoms with Gasteiger partial charge in [0.2, 0.25) is 0 Å². The molecule has 0 radical (unpaired) electrons. The number of carbonyl (C=O) groups excluding carboxylic acids is 1. The quantitative estimate of drug-likeness (QED) is 0.876. The van der Waals surface area contributed by atoms with Crippen LogP contribution in [0.3, 0.4) is 0 Å². The Hall–Kier alpha value is -2.28. The Morgan fingerprint density at radius 3 is 3.00 bits per heavy atom. The highest BCUT2D eigenvalue weighted by atomic mass is 32.1. The maximum absolute atomic E-state index is 12.4. The summed E-state index contributed by atoms with van der Waals surface area (Å²) in [5.41, 5.74) is 1.14. The van der Waals surface area contributed by atoms with Gasteiger partial charge in [-0.15, -0.1) is 0 Å². The van der Waals surface area contributed by atoms with Gasteiger partial charge >= 0.3 is 6.03 Å². The molecule has 0 unspecified atom stereocenters. The smallest absolute Gasteiger partial charge is 0.317 e. The summed E-state index contributed by atoms with van der Waals surface area (Å²) in [6.45, 7) is 3.99. The van der Waals surface area contributed by atoms with E-state index in [0.717, 1.165) is 43.2 Å². The van der Waals surface area contributed by atoms with E-state index in [2.05, 4.69) is 20.6 Å². The molecular formula is C19H24N4O2S. The SMILES string of the molecule is O=C(NCc1ccsc1)N1CC[C@H](Oc2cccnc2N2CCCC2)C1. The number of hydrogen-bond donors (Lipinski definition) is 1. The van der Waals surface area contributed by atoms with Gasteiger partial charge in [0.25, 0.3) is 0 Å². The number of rotatable bonds is 5. The lowest BCUT2D eigenvalue weighted by Gasteiger charge is -2.22. The molecule has 2 fully saturated rings. The lowest BCUT2D eigenvalue weighted by molar-refractivity contribution is 0.186. The Labute approximate surface area is 157 Å². The molecule has 2 saturated heterocycles. The van der Waals surface area contributed by atoms with Gasteiger partial charge in [0, 0.05) is 38.8 Å². The third-order valence-corrected chi connectivity index (χ3v) is 5.64. The second-order valence-electron chi connectivity index (χ2n) is 6.78. The highest BCUT2D eigenvalue weighted by Crippen LogP contribution is 2.30. The summed E-state index contributed by atoms with van der Waals surface area (Å²) in [6.07, 6.45) is 5.10. The molecule has 0 bridgehead atoms. The minimum absolute atomic E-state index is 0.0201. The van der Waals surface area contributed by atoms with E-state index < -0.39 is 0 Å². The number of likely N-dealkylation sites (tertiary alicyclic amines) is 1. The molecule has 6 nitrogen and oxygen atoms in total. The van der Waals surface area contributed by atoms with Gasteiger partial charge < -0.3 is 19.9 Å². The van der Waals surface area contributed by atoms with Crippen molar-refractivity contribution in [1.29, 1.82) is 0 Å². The third kappa shape index (κ3) is 3.93. The second kappa shape index (κ2) is 7.95. The van der Waals surface area contributed by atoms with Gasteiger partial charge in [-0.05, 0) is 47.4 Å². The van der Waals surface area contributed by atoms with Crippen molar-refractivity contribution in [3.05, 3.63) is 40.7 Å². The fourth-order valence-corrected chi connectivity index (χ4v) is 4.18. The van der Waals surface area contributed by atoms with Crippen molar-refractivity contribution < 1.29 is 9.53 Å². The monoisotopic (exact) mass is 372 g/mol. The standard InChI is InChI=1S/C19H24N4O2S/c24-19(21-12-15-6-11-26-14-15)23-10-5-16(13-23)25-17-4-3-7-20-18(17)22-8-1-2-9-22/h3-4,6-7,11,14,16H,1-2,5,8-10,12-13H2,(H,21,24)/t16-/m0/s1. The zero-order valence-corrected chi connectivity index (χ0v) is 15.6. The van der Waals surface area contributed by atoms with Gasteiger partial charge in [-0.25, -0.2) is 9.78 Å². The molecule has 1 atom stereocenters. The molecule has 0 aliphatic carbocycles. The normalized spacial score (nSPS) is 19.8. The number of thiophene rings is 1. The second-order valence-corrected chi connectivity index (χ2v) is 7.56. The molecular weight excluding hydrogens is 348 g/mol. The Morgan fingerprint density at radius 2 is 2.19 bits per heavy atom. The lowest BCUT2D eigenvalue weighted by Crippen LogP contribution is -2.39. The van der Waals surface area contributed by atoms with E-state index in [1.807, 2.05) is 34.7 Å². The number of aromatic nitrogens is 1. The van der Waals surface area contributed by atoms with Crippen molar-refractivity contribution in [3.8, 4) is 5.75 Å². The van der Waals surface area contributed by atoms with E-state index in [-0.39, 0.29) is 12.1 Å². The average Bonchev–Trinajstić information content (AvgIpc) is 3.42. The molecule has 4 rings (SSSR count).